The summed E-state index contributed by atoms with van der Waals surface area (Å²) in [6.07, 6.45) is 3.11. The maximum Gasteiger partial charge on any atom is 0.416 e. The van der Waals surface area contributed by atoms with Crippen molar-refractivity contribution in [1.82, 2.24) is 14.9 Å². The van der Waals surface area contributed by atoms with Gasteiger partial charge in [-0.2, -0.15) is 13.2 Å². The first kappa shape index (κ1) is 19.3. The van der Waals surface area contributed by atoms with Gasteiger partial charge in [-0.3, -0.25) is 4.98 Å². The van der Waals surface area contributed by atoms with Crippen LogP contribution in [0.5, 0.6) is 0 Å². The Bertz CT molecular complexity index is 797. The molecule has 1 aromatic carbocycles. The van der Waals surface area contributed by atoms with Gasteiger partial charge in [-0.25, -0.2) is 4.98 Å². The van der Waals surface area contributed by atoms with E-state index in [1.165, 1.54) is 12.3 Å². The van der Waals surface area contributed by atoms with E-state index in [0.29, 0.717) is 23.2 Å². The van der Waals surface area contributed by atoms with E-state index < -0.39 is 11.7 Å². The normalized spacial score (nSPS) is 20.4. The third kappa shape index (κ3) is 4.36. The van der Waals surface area contributed by atoms with Crippen molar-refractivity contribution in [2.45, 2.75) is 43.8 Å². The molecule has 3 heterocycles. The van der Waals surface area contributed by atoms with Crippen molar-refractivity contribution in [1.29, 1.82) is 0 Å². The second kappa shape index (κ2) is 8.17. The van der Waals surface area contributed by atoms with Crippen LogP contribution in [0.3, 0.4) is 0 Å². The molecule has 0 unspecified atom stereocenters. The van der Waals surface area contributed by atoms with Crippen molar-refractivity contribution in [3.8, 4) is 11.3 Å². The van der Waals surface area contributed by atoms with Gasteiger partial charge in [-0.15, -0.1) is 0 Å². The van der Waals surface area contributed by atoms with Gasteiger partial charge in [0, 0.05) is 36.9 Å². The van der Waals surface area contributed by atoms with Crippen LogP contribution in [0.4, 0.5) is 13.2 Å². The molecule has 4 rings (SSSR count). The van der Waals surface area contributed by atoms with Crippen LogP contribution in [-0.2, 0) is 10.9 Å². The fraction of sp³-hybridized carbons (Fsp3) is 0.524. The fourth-order valence-electron chi connectivity index (χ4n) is 4.18. The molecule has 2 aliphatic heterocycles. The van der Waals surface area contributed by atoms with Gasteiger partial charge in [0.05, 0.1) is 23.1 Å². The molecule has 0 radical (unpaired) electrons. The standard InChI is InChI=1S/C21H24F3N3O/c22-21(23,24)17-3-1-2-16(12-17)20-14-25-13-19(26-20)15-4-8-27(9-5-15)18-6-10-28-11-7-18/h1-3,12-15,18H,4-11H2. The summed E-state index contributed by atoms with van der Waals surface area (Å²) in [7, 11) is 0. The molecule has 28 heavy (non-hydrogen) atoms. The van der Waals surface area contributed by atoms with E-state index in [0.717, 1.165) is 69.8 Å². The molecule has 7 heteroatoms. The molecule has 0 N–H and O–H groups in total. The van der Waals surface area contributed by atoms with E-state index in [9.17, 15) is 13.2 Å². The molecule has 0 spiro atoms. The number of piperidine rings is 1. The van der Waals surface area contributed by atoms with Crippen LogP contribution in [-0.4, -0.2) is 47.2 Å². The molecular formula is C21H24F3N3O. The molecule has 0 amide bonds. The minimum atomic E-state index is -4.36. The molecule has 4 nitrogen and oxygen atoms in total. The van der Waals surface area contributed by atoms with Gasteiger partial charge in [-0.05, 0) is 50.9 Å². The van der Waals surface area contributed by atoms with Gasteiger partial charge < -0.3 is 9.64 Å². The van der Waals surface area contributed by atoms with Crippen molar-refractivity contribution >= 4 is 0 Å². The van der Waals surface area contributed by atoms with Crippen LogP contribution >= 0.6 is 0 Å². The van der Waals surface area contributed by atoms with E-state index in [-0.39, 0.29) is 0 Å². The minimum absolute atomic E-state index is 0.300. The molecule has 2 fully saturated rings. The van der Waals surface area contributed by atoms with Gasteiger partial charge in [0.25, 0.3) is 0 Å². The zero-order valence-corrected chi connectivity index (χ0v) is 15.7. The number of hydrogen-bond donors (Lipinski definition) is 0. The first-order valence-electron chi connectivity index (χ1n) is 9.82. The second-order valence-electron chi connectivity index (χ2n) is 7.56. The summed E-state index contributed by atoms with van der Waals surface area (Å²) in [5, 5.41) is 0. The van der Waals surface area contributed by atoms with Crippen molar-refractivity contribution in [3.05, 3.63) is 47.9 Å². The average molecular weight is 391 g/mol. The van der Waals surface area contributed by atoms with Gasteiger partial charge in [-0.1, -0.05) is 12.1 Å². The molecule has 2 aliphatic rings. The van der Waals surface area contributed by atoms with Gasteiger partial charge in [0.15, 0.2) is 0 Å². The summed E-state index contributed by atoms with van der Waals surface area (Å²) in [4.78, 5) is 11.5. The third-order valence-corrected chi connectivity index (χ3v) is 5.79. The summed E-state index contributed by atoms with van der Waals surface area (Å²) in [6.45, 7) is 3.72. The molecule has 0 atom stereocenters. The summed E-state index contributed by atoms with van der Waals surface area (Å²) < 4.78 is 44.4. The largest absolute Gasteiger partial charge is 0.416 e. The van der Waals surface area contributed by atoms with Crippen molar-refractivity contribution in [3.63, 3.8) is 0 Å². The Morgan fingerprint density at radius 1 is 1.00 bits per heavy atom. The number of rotatable bonds is 3. The summed E-state index contributed by atoms with van der Waals surface area (Å²) >= 11 is 0. The highest BCUT2D eigenvalue weighted by Gasteiger charge is 2.31. The van der Waals surface area contributed by atoms with Crippen molar-refractivity contribution in [2.24, 2.45) is 0 Å². The Morgan fingerprint density at radius 2 is 1.75 bits per heavy atom. The highest BCUT2D eigenvalue weighted by atomic mass is 19.4. The van der Waals surface area contributed by atoms with Crippen LogP contribution in [0, 0.1) is 0 Å². The molecule has 2 aromatic rings. The Balaban J connectivity index is 1.46. The number of ether oxygens (including phenoxy) is 1. The Morgan fingerprint density at radius 3 is 2.46 bits per heavy atom. The first-order chi connectivity index (χ1) is 13.5. The fourth-order valence-corrected chi connectivity index (χ4v) is 4.18. The molecule has 0 bridgehead atoms. The SMILES string of the molecule is FC(F)(F)c1cccc(-c2cncc(C3CCN(C4CCOCC4)CC3)n2)c1. The Kier molecular flexibility index (Phi) is 5.64. The maximum absolute atomic E-state index is 13.0. The van der Waals surface area contributed by atoms with Crippen LogP contribution in [0.15, 0.2) is 36.7 Å². The zero-order chi connectivity index (χ0) is 19.6. The van der Waals surface area contributed by atoms with Gasteiger partial charge in [0.2, 0.25) is 0 Å². The highest BCUT2D eigenvalue weighted by molar-refractivity contribution is 5.59. The lowest BCUT2D eigenvalue weighted by molar-refractivity contribution is -0.137. The molecular weight excluding hydrogens is 367 g/mol. The smallest absolute Gasteiger partial charge is 0.381 e. The first-order valence-corrected chi connectivity index (χ1v) is 9.82. The third-order valence-electron chi connectivity index (χ3n) is 5.79. The predicted molar refractivity (Wildman–Crippen MR) is 99.9 cm³/mol. The molecule has 0 saturated carbocycles. The lowest BCUT2D eigenvalue weighted by atomic mass is 9.91. The van der Waals surface area contributed by atoms with E-state index in [2.05, 4.69) is 14.9 Å². The predicted octanol–water partition coefficient (Wildman–Crippen LogP) is 4.52. The van der Waals surface area contributed by atoms with E-state index in [4.69, 9.17) is 4.74 Å². The van der Waals surface area contributed by atoms with E-state index in [1.807, 2.05) is 0 Å². The number of benzene rings is 1. The van der Waals surface area contributed by atoms with Crippen LogP contribution in [0.25, 0.3) is 11.3 Å². The van der Waals surface area contributed by atoms with Crippen LogP contribution in [0.1, 0.15) is 42.9 Å². The monoisotopic (exact) mass is 391 g/mol. The number of alkyl halides is 3. The lowest BCUT2D eigenvalue weighted by Gasteiger charge is -2.39. The molecule has 150 valence electrons. The number of hydrogen-bond acceptors (Lipinski definition) is 4. The Labute approximate surface area is 162 Å². The van der Waals surface area contributed by atoms with Crippen molar-refractivity contribution in [2.75, 3.05) is 26.3 Å². The minimum Gasteiger partial charge on any atom is -0.381 e. The van der Waals surface area contributed by atoms with Gasteiger partial charge >= 0.3 is 6.18 Å². The highest BCUT2D eigenvalue weighted by Crippen LogP contribution is 2.33. The quantitative estimate of drug-likeness (QED) is 0.771. The van der Waals surface area contributed by atoms with E-state index in [1.54, 1.807) is 12.3 Å². The number of aromatic nitrogens is 2. The summed E-state index contributed by atoms with van der Waals surface area (Å²) in [5.41, 5.74) is 1.16. The molecule has 2 saturated heterocycles. The van der Waals surface area contributed by atoms with Crippen LogP contribution in [0.2, 0.25) is 0 Å². The summed E-state index contributed by atoms with van der Waals surface area (Å²) in [5.74, 6) is 0.300. The van der Waals surface area contributed by atoms with Crippen molar-refractivity contribution < 1.29 is 17.9 Å². The van der Waals surface area contributed by atoms with Gasteiger partial charge in [0.1, 0.15) is 0 Å². The van der Waals surface area contributed by atoms with Crippen LogP contribution < -0.4 is 0 Å². The topological polar surface area (TPSA) is 38.2 Å². The number of halogens is 3. The molecule has 0 aliphatic carbocycles. The summed E-state index contributed by atoms with van der Waals surface area (Å²) in [6, 6.07) is 5.89. The second-order valence-corrected chi connectivity index (χ2v) is 7.56. The molecule has 1 aromatic heterocycles. The number of nitrogens with zero attached hydrogens (tertiary/aromatic N) is 3. The lowest BCUT2D eigenvalue weighted by Crippen LogP contribution is -2.43. The average Bonchev–Trinajstić information content (AvgIpc) is 2.74. The Hall–Kier alpha value is -1.99. The zero-order valence-electron chi connectivity index (χ0n) is 15.7. The maximum atomic E-state index is 13.0. The number of likely N-dealkylation sites (tertiary alicyclic amines) is 1. The van der Waals surface area contributed by atoms with E-state index >= 15 is 0 Å².